The summed E-state index contributed by atoms with van der Waals surface area (Å²) in [5.41, 5.74) is 1.16. The van der Waals surface area contributed by atoms with E-state index in [1.165, 1.54) is 51.4 Å². The lowest BCUT2D eigenvalue weighted by atomic mass is 10.1. The van der Waals surface area contributed by atoms with Crippen LogP contribution in [0.1, 0.15) is 58.3 Å². The zero-order chi connectivity index (χ0) is 14.5. The fourth-order valence-electron chi connectivity index (χ4n) is 2.46. The number of para-hydroxylation sites is 1. The largest absolute Gasteiger partial charge is 0.358 e. The number of nitrogens with zero attached hydrogens (tertiary/aromatic N) is 2. The Bertz CT molecular complexity index is 367. The van der Waals surface area contributed by atoms with Crippen LogP contribution in [0.25, 0.3) is 0 Å². The van der Waals surface area contributed by atoms with Crippen molar-refractivity contribution < 1.29 is 0 Å². The summed E-state index contributed by atoms with van der Waals surface area (Å²) in [5, 5.41) is 8.93. The quantitative estimate of drug-likeness (QED) is 0.411. The van der Waals surface area contributed by atoms with Crippen LogP contribution < -0.4 is 4.90 Å². The second kappa shape index (κ2) is 11.3. The van der Waals surface area contributed by atoms with Crippen LogP contribution in [0.5, 0.6) is 0 Å². The lowest BCUT2D eigenvalue weighted by Gasteiger charge is -2.21. The molecule has 0 unspecified atom stereocenters. The summed E-state index contributed by atoms with van der Waals surface area (Å²) in [5.74, 6) is 0. The van der Waals surface area contributed by atoms with Crippen LogP contribution in [0.15, 0.2) is 30.3 Å². The van der Waals surface area contributed by atoms with E-state index >= 15 is 0 Å². The van der Waals surface area contributed by atoms with Crippen LogP contribution in [-0.4, -0.2) is 13.1 Å². The molecule has 0 bridgehead atoms. The fraction of sp³-hybridized carbons (Fsp3) is 0.611. The third-order valence-electron chi connectivity index (χ3n) is 3.66. The van der Waals surface area contributed by atoms with Gasteiger partial charge in [-0.05, 0) is 18.6 Å². The SMILES string of the molecule is CCCCCCCCCCN(CC#N)c1ccccc1. The summed E-state index contributed by atoms with van der Waals surface area (Å²) in [6.45, 7) is 3.74. The van der Waals surface area contributed by atoms with E-state index in [-0.39, 0.29) is 0 Å². The number of hydrogen-bond acceptors (Lipinski definition) is 2. The van der Waals surface area contributed by atoms with Crippen LogP contribution in [0.4, 0.5) is 5.69 Å². The van der Waals surface area contributed by atoms with Crippen molar-refractivity contribution in [3.63, 3.8) is 0 Å². The van der Waals surface area contributed by atoms with Gasteiger partial charge in [-0.1, -0.05) is 70.1 Å². The minimum atomic E-state index is 0.487. The van der Waals surface area contributed by atoms with Crippen molar-refractivity contribution in [3.05, 3.63) is 30.3 Å². The van der Waals surface area contributed by atoms with E-state index < -0.39 is 0 Å². The van der Waals surface area contributed by atoms with E-state index in [4.69, 9.17) is 5.26 Å². The van der Waals surface area contributed by atoms with Crippen LogP contribution in [0.3, 0.4) is 0 Å². The maximum atomic E-state index is 8.93. The van der Waals surface area contributed by atoms with Crippen molar-refractivity contribution in [1.82, 2.24) is 0 Å². The van der Waals surface area contributed by atoms with Crippen molar-refractivity contribution >= 4 is 5.69 Å². The van der Waals surface area contributed by atoms with E-state index in [0.29, 0.717) is 6.54 Å². The summed E-state index contributed by atoms with van der Waals surface area (Å²) in [6.07, 6.45) is 10.6. The molecule has 2 heteroatoms. The lowest BCUT2D eigenvalue weighted by Crippen LogP contribution is -2.24. The summed E-state index contributed by atoms with van der Waals surface area (Å²) in [4.78, 5) is 2.18. The second-order valence-electron chi connectivity index (χ2n) is 5.39. The third-order valence-corrected chi connectivity index (χ3v) is 3.66. The Hall–Kier alpha value is -1.49. The molecule has 1 rings (SSSR count). The fourth-order valence-corrected chi connectivity index (χ4v) is 2.46. The van der Waals surface area contributed by atoms with E-state index in [2.05, 4.69) is 30.0 Å². The van der Waals surface area contributed by atoms with Crippen molar-refractivity contribution in [2.75, 3.05) is 18.0 Å². The Balaban J connectivity index is 2.16. The summed E-state index contributed by atoms with van der Waals surface area (Å²) < 4.78 is 0. The summed E-state index contributed by atoms with van der Waals surface area (Å²) in [6, 6.07) is 12.5. The molecule has 0 atom stereocenters. The van der Waals surface area contributed by atoms with E-state index in [0.717, 1.165) is 12.2 Å². The topological polar surface area (TPSA) is 27.0 Å². The van der Waals surface area contributed by atoms with Gasteiger partial charge in [0.2, 0.25) is 0 Å². The molecule has 1 aromatic rings. The van der Waals surface area contributed by atoms with Gasteiger partial charge in [0.05, 0.1) is 6.07 Å². The van der Waals surface area contributed by atoms with Gasteiger partial charge in [-0.3, -0.25) is 0 Å². The first-order chi connectivity index (χ1) is 9.88. The van der Waals surface area contributed by atoms with E-state index in [1.807, 2.05) is 18.2 Å². The molecule has 20 heavy (non-hydrogen) atoms. The maximum absolute atomic E-state index is 8.93. The van der Waals surface area contributed by atoms with Gasteiger partial charge in [0.1, 0.15) is 6.54 Å². The summed E-state index contributed by atoms with van der Waals surface area (Å²) >= 11 is 0. The van der Waals surface area contributed by atoms with Crippen LogP contribution in [-0.2, 0) is 0 Å². The molecule has 110 valence electrons. The Kier molecular flexibility index (Phi) is 9.40. The molecule has 0 saturated carbocycles. The molecule has 0 aliphatic carbocycles. The van der Waals surface area contributed by atoms with Gasteiger partial charge in [-0.2, -0.15) is 5.26 Å². The standard InChI is InChI=1S/C18H28N2/c1-2-3-4-5-6-7-8-12-16-20(17-15-19)18-13-10-9-11-14-18/h9-11,13-14H,2-8,12,16-17H2,1H3. The highest BCUT2D eigenvalue weighted by Crippen LogP contribution is 2.14. The number of unbranched alkanes of at least 4 members (excludes halogenated alkanes) is 7. The number of rotatable bonds is 11. The minimum absolute atomic E-state index is 0.487. The zero-order valence-electron chi connectivity index (χ0n) is 12.9. The first kappa shape index (κ1) is 16.6. The van der Waals surface area contributed by atoms with E-state index in [1.54, 1.807) is 0 Å². The Labute approximate surface area is 124 Å². The van der Waals surface area contributed by atoms with E-state index in [9.17, 15) is 0 Å². The highest BCUT2D eigenvalue weighted by atomic mass is 15.1. The molecule has 0 heterocycles. The van der Waals surface area contributed by atoms with Crippen LogP contribution in [0.2, 0.25) is 0 Å². The molecule has 0 aliphatic rings. The maximum Gasteiger partial charge on any atom is 0.105 e. The molecule has 0 amide bonds. The van der Waals surface area contributed by atoms with Gasteiger partial charge in [0.15, 0.2) is 0 Å². The minimum Gasteiger partial charge on any atom is -0.358 e. The Morgan fingerprint density at radius 1 is 0.900 bits per heavy atom. The average Bonchev–Trinajstić information content (AvgIpc) is 2.50. The zero-order valence-corrected chi connectivity index (χ0v) is 12.9. The highest BCUT2D eigenvalue weighted by Gasteiger charge is 2.04. The van der Waals surface area contributed by atoms with Crippen LogP contribution in [0, 0.1) is 11.3 Å². The van der Waals surface area contributed by atoms with Crippen molar-refractivity contribution in [3.8, 4) is 6.07 Å². The monoisotopic (exact) mass is 272 g/mol. The number of benzene rings is 1. The number of anilines is 1. The molecule has 2 nitrogen and oxygen atoms in total. The molecule has 0 radical (unpaired) electrons. The lowest BCUT2D eigenvalue weighted by molar-refractivity contribution is 0.574. The molecule has 0 aromatic heterocycles. The molecule has 0 fully saturated rings. The first-order valence-electron chi connectivity index (χ1n) is 8.05. The van der Waals surface area contributed by atoms with Gasteiger partial charge >= 0.3 is 0 Å². The van der Waals surface area contributed by atoms with Crippen LogP contribution >= 0.6 is 0 Å². The Morgan fingerprint density at radius 2 is 1.50 bits per heavy atom. The number of nitriles is 1. The van der Waals surface area contributed by atoms with Crippen molar-refractivity contribution in [1.29, 1.82) is 5.26 Å². The third kappa shape index (κ3) is 7.19. The number of hydrogen-bond donors (Lipinski definition) is 0. The van der Waals surface area contributed by atoms with Gasteiger partial charge in [0, 0.05) is 12.2 Å². The molecule has 0 saturated heterocycles. The smallest absolute Gasteiger partial charge is 0.105 e. The Morgan fingerprint density at radius 3 is 2.10 bits per heavy atom. The second-order valence-corrected chi connectivity index (χ2v) is 5.39. The normalized spacial score (nSPS) is 10.2. The van der Waals surface area contributed by atoms with Gasteiger partial charge < -0.3 is 4.90 Å². The van der Waals surface area contributed by atoms with Crippen molar-refractivity contribution in [2.45, 2.75) is 58.3 Å². The summed E-state index contributed by atoms with van der Waals surface area (Å²) in [7, 11) is 0. The first-order valence-corrected chi connectivity index (χ1v) is 8.05. The predicted molar refractivity (Wildman–Crippen MR) is 86.9 cm³/mol. The molecule has 0 N–H and O–H groups in total. The van der Waals surface area contributed by atoms with Crippen molar-refractivity contribution in [2.24, 2.45) is 0 Å². The molecular formula is C18H28N2. The average molecular weight is 272 g/mol. The van der Waals surface area contributed by atoms with Gasteiger partial charge in [-0.15, -0.1) is 0 Å². The van der Waals surface area contributed by atoms with Gasteiger partial charge in [0.25, 0.3) is 0 Å². The predicted octanol–water partition coefficient (Wildman–Crippen LogP) is 5.16. The molecular weight excluding hydrogens is 244 g/mol. The molecule has 0 spiro atoms. The highest BCUT2D eigenvalue weighted by molar-refractivity contribution is 5.46. The molecule has 0 aliphatic heterocycles. The molecule has 1 aromatic carbocycles. The van der Waals surface area contributed by atoms with Gasteiger partial charge in [-0.25, -0.2) is 0 Å².